The highest BCUT2D eigenvalue weighted by atomic mass is 32.2. The largest absolute Gasteiger partial charge is 0.348 e. The van der Waals surface area contributed by atoms with Gasteiger partial charge in [-0.05, 0) is 40.8 Å². The summed E-state index contributed by atoms with van der Waals surface area (Å²) < 4.78 is 1.83. The fraction of sp³-hybridized carbons (Fsp3) is 0.300. The van der Waals surface area contributed by atoms with Crippen molar-refractivity contribution in [3.63, 3.8) is 0 Å². The van der Waals surface area contributed by atoms with Crippen LogP contribution < -0.4 is 5.32 Å². The van der Waals surface area contributed by atoms with E-state index in [1.807, 2.05) is 41.1 Å². The Balaban J connectivity index is 1.41. The van der Waals surface area contributed by atoms with Crippen LogP contribution in [0.1, 0.15) is 36.1 Å². The zero-order valence-electron chi connectivity index (χ0n) is 14.9. The van der Waals surface area contributed by atoms with Crippen LogP contribution in [-0.2, 0) is 11.2 Å². The summed E-state index contributed by atoms with van der Waals surface area (Å²) in [6.07, 6.45) is 2.97. The summed E-state index contributed by atoms with van der Waals surface area (Å²) in [6, 6.07) is 20.6. The lowest BCUT2D eigenvalue weighted by Gasteiger charge is -2.19. The Morgan fingerprint density at radius 2 is 1.81 bits per heavy atom. The minimum absolute atomic E-state index is 0.0184. The Kier molecular flexibility index (Phi) is 5.48. The summed E-state index contributed by atoms with van der Waals surface area (Å²) in [5.74, 6) is 0.278. The van der Waals surface area contributed by atoms with Crippen LogP contribution in [0.25, 0.3) is 0 Å². The third-order valence-corrected chi connectivity index (χ3v) is 5.44. The van der Waals surface area contributed by atoms with Crippen molar-refractivity contribution >= 4 is 17.7 Å². The second kappa shape index (κ2) is 8.35. The number of hydrogen-bond donors (Lipinski definition) is 1. The first-order chi connectivity index (χ1) is 13.3. The predicted octanol–water partition coefficient (Wildman–Crippen LogP) is 3.20. The van der Waals surface area contributed by atoms with Crippen LogP contribution in [0.2, 0.25) is 0 Å². The molecule has 0 bridgehead atoms. The summed E-state index contributed by atoms with van der Waals surface area (Å²) >= 11 is 1.39. The van der Waals surface area contributed by atoms with Gasteiger partial charge in [0.25, 0.3) is 0 Å². The Morgan fingerprint density at radius 3 is 2.52 bits per heavy atom. The van der Waals surface area contributed by atoms with Crippen molar-refractivity contribution in [1.29, 1.82) is 0 Å². The fourth-order valence-electron chi connectivity index (χ4n) is 2.98. The molecule has 1 N–H and O–H groups in total. The molecule has 7 heteroatoms. The Morgan fingerprint density at radius 1 is 1.11 bits per heavy atom. The topological polar surface area (TPSA) is 72.7 Å². The van der Waals surface area contributed by atoms with E-state index in [9.17, 15) is 4.79 Å². The zero-order valence-corrected chi connectivity index (χ0v) is 15.7. The minimum atomic E-state index is -0.0684. The molecule has 1 fully saturated rings. The number of carbonyl (C=O) groups excluding carboxylic acids is 1. The first kappa shape index (κ1) is 17.7. The van der Waals surface area contributed by atoms with Crippen molar-refractivity contribution in [2.45, 2.75) is 36.5 Å². The lowest BCUT2D eigenvalue weighted by atomic mass is 9.99. The van der Waals surface area contributed by atoms with Gasteiger partial charge in [0.15, 0.2) is 0 Å². The van der Waals surface area contributed by atoms with Crippen LogP contribution >= 0.6 is 11.8 Å². The normalized spacial score (nSPS) is 14.7. The molecule has 1 aliphatic rings. The van der Waals surface area contributed by atoms with Gasteiger partial charge in [-0.2, -0.15) is 0 Å². The first-order valence-electron chi connectivity index (χ1n) is 9.08. The Hall–Kier alpha value is -2.67. The van der Waals surface area contributed by atoms with Crippen LogP contribution in [0.3, 0.4) is 0 Å². The van der Waals surface area contributed by atoms with E-state index in [0.717, 1.165) is 24.8 Å². The van der Waals surface area contributed by atoms with E-state index < -0.39 is 0 Å². The monoisotopic (exact) mass is 379 g/mol. The van der Waals surface area contributed by atoms with E-state index in [1.165, 1.54) is 17.3 Å². The highest BCUT2D eigenvalue weighted by molar-refractivity contribution is 7.99. The van der Waals surface area contributed by atoms with E-state index in [4.69, 9.17) is 0 Å². The van der Waals surface area contributed by atoms with E-state index in [1.54, 1.807) is 0 Å². The average molecular weight is 379 g/mol. The molecule has 6 nitrogen and oxygen atoms in total. The van der Waals surface area contributed by atoms with Crippen molar-refractivity contribution in [3.8, 4) is 0 Å². The van der Waals surface area contributed by atoms with Crippen molar-refractivity contribution in [2.24, 2.45) is 0 Å². The van der Waals surface area contributed by atoms with E-state index in [0.29, 0.717) is 17.0 Å². The second-order valence-corrected chi connectivity index (χ2v) is 7.59. The molecule has 0 unspecified atom stereocenters. The molecular weight excluding hydrogens is 358 g/mol. The summed E-state index contributed by atoms with van der Waals surface area (Å²) in [6.45, 7) is 0. The molecule has 0 spiro atoms. The highest BCUT2D eigenvalue weighted by Gasteiger charge is 2.28. The van der Waals surface area contributed by atoms with Gasteiger partial charge in [-0.25, -0.2) is 4.68 Å². The Bertz CT molecular complexity index is 880. The summed E-state index contributed by atoms with van der Waals surface area (Å²) in [5.41, 5.74) is 2.29. The predicted molar refractivity (Wildman–Crippen MR) is 104 cm³/mol. The fourth-order valence-corrected chi connectivity index (χ4v) is 3.74. The van der Waals surface area contributed by atoms with Crippen molar-refractivity contribution in [3.05, 3.63) is 71.8 Å². The third kappa shape index (κ3) is 4.74. The maximum absolute atomic E-state index is 12.6. The van der Waals surface area contributed by atoms with Gasteiger partial charge in [-0.1, -0.05) is 72.4 Å². The number of tetrazole rings is 1. The number of nitrogens with zero attached hydrogens (tertiary/aromatic N) is 4. The van der Waals surface area contributed by atoms with Crippen LogP contribution in [0.15, 0.2) is 65.8 Å². The molecular formula is C20H21N5OS. The number of carbonyl (C=O) groups is 1. The quantitative estimate of drug-likeness (QED) is 0.609. The van der Waals surface area contributed by atoms with Gasteiger partial charge < -0.3 is 5.32 Å². The van der Waals surface area contributed by atoms with Crippen molar-refractivity contribution in [2.75, 3.05) is 5.75 Å². The van der Waals surface area contributed by atoms with Gasteiger partial charge in [0.05, 0.1) is 17.8 Å². The minimum Gasteiger partial charge on any atom is -0.348 e. The number of nitrogens with one attached hydrogen (secondary N) is 1. The number of hydrogen-bond acceptors (Lipinski definition) is 5. The molecule has 1 atom stereocenters. The molecule has 0 saturated heterocycles. The standard InChI is InChI=1S/C20H21N5OS/c26-19(14-27-20-22-23-24-25(20)17-11-12-17)21-18(16-9-5-2-6-10-16)13-15-7-3-1-4-8-15/h1-10,17-18H,11-14H2,(H,21,26)/t18-/m0/s1. The van der Waals surface area contributed by atoms with Gasteiger partial charge in [-0.15, -0.1) is 5.10 Å². The maximum Gasteiger partial charge on any atom is 0.230 e. The first-order valence-corrected chi connectivity index (χ1v) is 10.1. The lowest BCUT2D eigenvalue weighted by Crippen LogP contribution is -2.31. The molecule has 3 aromatic rings. The van der Waals surface area contributed by atoms with Crippen molar-refractivity contribution in [1.82, 2.24) is 25.5 Å². The summed E-state index contributed by atoms with van der Waals surface area (Å²) in [4.78, 5) is 12.6. The average Bonchev–Trinajstić information content (AvgIpc) is 3.45. The van der Waals surface area contributed by atoms with Crippen LogP contribution in [0, 0.1) is 0 Å². The molecule has 4 rings (SSSR count). The molecule has 1 amide bonds. The van der Waals surface area contributed by atoms with Gasteiger partial charge in [0, 0.05) is 0 Å². The number of aromatic nitrogens is 4. The molecule has 2 aromatic carbocycles. The van der Waals surface area contributed by atoms with Crippen LogP contribution in [0.4, 0.5) is 0 Å². The Labute approximate surface area is 162 Å². The molecule has 138 valence electrons. The maximum atomic E-state index is 12.6. The van der Waals surface area contributed by atoms with Gasteiger partial charge >= 0.3 is 0 Å². The molecule has 27 heavy (non-hydrogen) atoms. The molecule has 1 aromatic heterocycles. The number of thioether (sulfide) groups is 1. The van der Waals surface area contributed by atoms with Crippen molar-refractivity contribution < 1.29 is 4.79 Å². The summed E-state index contributed by atoms with van der Waals surface area (Å²) in [7, 11) is 0. The number of benzene rings is 2. The van der Waals surface area contributed by atoms with E-state index in [-0.39, 0.29) is 11.9 Å². The second-order valence-electron chi connectivity index (χ2n) is 6.65. The van der Waals surface area contributed by atoms with E-state index in [2.05, 4.69) is 45.1 Å². The molecule has 0 aliphatic heterocycles. The van der Waals surface area contributed by atoms with Crippen LogP contribution in [-0.4, -0.2) is 31.9 Å². The summed E-state index contributed by atoms with van der Waals surface area (Å²) in [5, 5.41) is 15.7. The van der Waals surface area contributed by atoms with Crippen LogP contribution in [0.5, 0.6) is 0 Å². The number of amides is 1. The third-order valence-electron chi connectivity index (χ3n) is 4.51. The smallest absolute Gasteiger partial charge is 0.230 e. The van der Waals surface area contributed by atoms with Gasteiger partial charge in [0.1, 0.15) is 0 Å². The van der Waals surface area contributed by atoms with Gasteiger partial charge in [0.2, 0.25) is 11.1 Å². The number of rotatable bonds is 8. The molecule has 0 radical (unpaired) electrons. The molecule has 1 aliphatic carbocycles. The lowest BCUT2D eigenvalue weighted by molar-refractivity contribution is -0.119. The highest BCUT2D eigenvalue weighted by Crippen LogP contribution is 2.36. The zero-order chi connectivity index (χ0) is 18.5. The van der Waals surface area contributed by atoms with Gasteiger partial charge in [-0.3, -0.25) is 4.79 Å². The molecule has 1 saturated carbocycles. The van der Waals surface area contributed by atoms with E-state index >= 15 is 0 Å². The SMILES string of the molecule is O=C(CSc1nnnn1C1CC1)N[C@@H](Cc1ccccc1)c1ccccc1. The molecule has 1 heterocycles.